The standard InChI is InChI=1S/C13H21N5/c14-12-17-16-11(18(12)15)7-13-4-8-1-9(5-13)3-10(2-8)6-13/h8-10H,1-7,15H2,(H2,14,17). The summed E-state index contributed by atoms with van der Waals surface area (Å²) in [6.45, 7) is 0. The van der Waals surface area contributed by atoms with Crippen LogP contribution < -0.4 is 11.6 Å². The second kappa shape index (κ2) is 3.39. The molecule has 4 aliphatic carbocycles. The van der Waals surface area contributed by atoms with Crippen LogP contribution in [0.25, 0.3) is 0 Å². The van der Waals surface area contributed by atoms with Crippen molar-refractivity contribution in [1.82, 2.24) is 14.9 Å². The summed E-state index contributed by atoms with van der Waals surface area (Å²) in [5.41, 5.74) is 6.12. The average Bonchev–Trinajstić information content (AvgIpc) is 2.58. The molecular weight excluding hydrogens is 226 g/mol. The van der Waals surface area contributed by atoms with E-state index in [1.165, 1.54) is 43.2 Å². The van der Waals surface area contributed by atoms with Crippen LogP contribution in [0.4, 0.5) is 5.95 Å². The van der Waals surface area contributed by atoms with Gasteiger partial charge >= 0.3 is 0 Å². The first-order valence-corrected chi connectivity index (χ1v) is 7.08. The van der Waals surface area contributed by atoms with Crippen molar-refractivity contribution < 1.29 is 0 Å². The van der Waals surface area contributed by atoms with Gasteiger partial charge in [0.1, 0.15) is 0 Å². The minimum atomic E-state index is 0.328. The van der Waals surface area contributed by atoms with Crippen molar-refractivity contribution in [3.63, 3.8) is 0 Å². The zero-order valence-electron chi connectivity index (χ0n) is 10.7. The molecule has 0 amide bonds. The zero-order valence-corrected chi connectivity index (χ0v) is 10.7. The van der Waals surface area contributed by atoms with Crippen LogP contribution in [-0.4, -0.2) is 14.9 Å². The second-order valence-electron chi connectivity index (χ2n) is 6.94. The third kappa shape index (κ3) is 1.45. The Morgan fingerprint density at radius 1 is 1.06 bits per heavy atom. The van der Waals surface area contributed by atoms with Crippen LogP contribution >= 0.6 is 0 Å². The quantitative estimate of drug-likeness (QED) is 0.772. The second-order valence-corrected chi connectivity index (χ2v) is 6.94. The fraction of sp³-hybridized carbons (Fsp3) is 0.846. The van der Waals surface area contributed by atoms with Gasteiger partial charge in [0.2, 0.25) is 5.95 Å². The molecule has 0 aromatic carbocycles. The van der Waals surface area contributed by atoms with E-state index in [2.05, 4.69) is 10.2 Å². The van der Waals surface area contributed by atoms with Crippen LogP contribution in [0.2, 0.25) is 0 Å². The molecule has 5 nitrogen and oxygen atoms in total. The van der Waals surface area contributed by atoms with E-state index >= 15 is 0 Å². The molecule has 4 bridgehead atoms. The SMILES string of the molecule is Nc1nnc(CC23CC4CC(CC(C4)C2)C3)n1N. The smallest absolute Gasteiger partial charge is 0.240 e. The molecule has 4 fully saturated rings. The first kappa shape index (κ1) is 10.6. The summed E-state index contributed by atoms with van der Waals surface area (Å²) in [6.07, 6.45) is 9.48. The largest absolute Gasteiger partial charge is 0.366 e. The topological polar surface area (TPSA) is 82.8 Å². The summed E-state index contributed by atoms with van der Waals surface area (Å²) < 4.78 is 1.47. The molecule has 0 atom stereocenters. The van der Waals surface area contributed by atoms with Crippen LogP contribution in [0.15, 0.2) is 0 Å². The molecule has 18 heavy (non-hydrogen) atoms. The molecule has 0 spiro atoms. The maximum atomic E-state index is 5.90. The van der Waals surface area contributed by atoms with Crippen molar-refractivity contribution >= 4 is 5.95 Å². The van der Waals surface area contributed by atoms with E-state index in [0.29, 0.717) is 11.4 Å². The number of rotatable bonds is 2. The van der Waals surface area contributed by atoms with Gasteiger partial charge in [-0.3, -0.25) is 0 Å². The first-order valence-electron chi connectivity index (χ1n) is 7.08. The molecule has 5 rings (SSSR count). The molecule has 98 valence electrons. The maximum Gasteiger partial charge on any atom is 0.240 e. The minimum absolute atomic E-state index is 0.328. The fourth-order valence-corrected chi connectivity index (χ4v) is 5.30. The van der Waals surface area contributed by atoms with Gasteiger partial charge in [-0.25, -0.2) is 4.68 Å². The highest BCUT2D eigenvalue weighted by atomic mass is 15.4. The van der Waals surface area contributed by atoms with E-state index < -0.39 is 0 Å². The summed E-state index contributed by atoms with van der Waals surface area (Å²) in [4.78, 5) is 0. The normalized spacial score (nSPS) is 41.4. The van der Waals surface area contributed by atoms with Gasteiger partial charge in [0.25, 0.3) is 0 Å². The number of nitrogens with zero attached hydrogens (tertiary/aromatic N) is 3. The highest BCUT2D eigenvalue weighted by molar-refractivity contribution is 5.18. The first-order chi connectivity index (χ1) is 8.63. The third-order valence-corrected chi connectivity index (χ3v) is 5.49. The Morgan fingerprint density at radius 3 is 2.06 bits per heavy atom. The summed E-state index contributed by atoms with van der Waals surface area (Å²) in [5, 5.41) is 8.03. The molecule has 0 unspecified atom stereocenters. The predicted octanol–water partition coefficient (Wildman–Crippen LogP) is 1.33. The molecule has 4 saturated carbocycles. The Labute approximate surface area is 107 Å². The minimum Gasteiger partial charge on any atom is -0.366 e. The lowest BCUT2D eigenvalue weighted by atomic mass is 9.49. The van der Waals surface area contributed by atoms with E-state index in [1.54, 1.807) is 0 Å². The number of nitrogen functional groups attached to an aromatic ring is 2. The Kier molecular flexibility index (Phi) is 2.01. The molecule has 1 aromatic heterocycles. The highest BCUT2D eigenvalue weighted by Crippen LogP contribution is 2.60. The van der Waals surface area contributed by atoms with E-state index in [4.69, 9.17) is 11.6 Å². The number of hydrogen-bond acceptors (Lipinski definition) is 4. The van der Waals surface area contributed by atoms with Crippen molar-refractivity contribution in [1.29, 1.82) is 0 Å². The molecule has 0 saturated heterocycles. The van der Waals surface area contributed by atoms with Crippen LogP contribution in [-0.2, 0) is 6.42 Å². The Hall–Kier alpha value is -1.26. The summed E-state index contributed by atoms with van der Waals surface area (Å²) in [6, 6.07) is 0. The van der Waals surface area contributed by atoms with E-state index in [-0.39, 0.29) is 0 Å². The molecule has 1 heterocycles. The zero-order chi connectivity index (χ0) is 12.3. The summed E-state index contributed by atoms with van der Waals surface area (Å²) in [5.74, 6) is 9.98. The van der Waals surface area contributed by atoms with Crippen molar-refractivity contribution in [3.8, 4) is 0 Å². The van der Waals surface area contributed by atoms with Gasteiger partial charge in [-0.2, -0.15) is 0 Å². The number of aromatic nitrogens is 3. The van der Waals surface area contributed by atoms with Gasteiger partial charge in [0.05, 0.1) is 0 Å². The average molecular weight is 247 g/mol. The molecule has 0 radical (unpaired) electrons. The lowest BCUT2D eigenvalue weighted by molar-refractivity contribution is -0.0534. The van der Waals surface area contributed by atoms with Crippen molar-refractivity contribution in [3.05, 3.63) is 5.82 Å². The van der Waals surface area contributed by atoms with Crippen LogP contribution in [0.3, 0.4) is 0 Å². The fourth-order valence-electron chi connectivity index (χ4n) is 5.30. The van der Waals surface area contributed by atoms with Gasteiger partial charge in [-0.05, 0) is 61.7 Å². The van der Waals surface area contributed by atoms with E-state index in [0.717, 1.165) is 30.0 Å². The van der Waals surface area contributed by atoms with Crippen LogP contribution in [0.5, 0.6) is 0 Å². The molecule has 0 aliphatic heterocycles. The van der Waals surface area contributed by atoms with Crippen LogP contribution in [0.1, 0.15) is 44.3 Å². The number of hydrogen-bond donors (Lipinski definition) is 2. The predicted molar refractivity (Wildman–Crippen MR) is 68.9 cm³/mol. The number of anilines is 1. The van der Waals surface area contributed by atoms with Crippen molar-refractivity contribution in [2.75, 3.05) is 11.6 Å². The molecule has 4 N–H and O–H groups in total. The summed E-state index contributed by atoms with van der Waals surface area (Å²) in [7, 11) is 0. The number of nitrogens with two attached hydrogens (primary N) is 2. The monoisotopic (exact) mass is 247 g/mol. The van der Waals surface area contributed by atoms with Gasteiger partial charge in [0.15, 0.2) is 5.82 Å². The Bertz CT molecular complexity index is 442. The van der Waals surface area contributed by atoms with E-state index in [9.17, 15) is 0 Å². The van der Waals surface area contributed by atoms with Crippen molar-refractivity contribution in [2.24, 2.45) is 23.2 Å². The van der Waals surface area contributed by atoms with E-state index in [1.807, 2.05) is 0 Å². The highest BCUT2D eigenvalue weighted by Gasteiger charge is 2.51. The third-order valence-electron chi connectivity index (χ3n) is 5.49. The molecule has 5 heteroatoms. The lowest BCUT2D eigenvalue weighted by Crippen LogP contribution is -2.47. The molecule has 4 aliphatic rings. The van der Waals surface area contributed by atoms with Gasteiger partial charge < -0.3 is 11.6 Å². The molecular formula is C13H21N5. The van der Waals surface area contributed by atoms with Crippen LogP contribution in [0, 0.1) is 23.2 Å². The van der Waals surface area contributed by atoms with Gasteiger partial charge in [0, 0.05) is 6.42 Å². The summed E-state index contributed by atoms with van der Waals surface area (Å²) >= 11 is 0. The Balaban J connectivity index is 1.62. The molecule has 1 aromatic rings. The lowest BCUT2D eigenvalue weighted by Gasteiger charge is -2.56. The van der Waals surface area contributed by atoms with Crippen molar-refractivity contribution in [2.45, 2.75) is 44.9 Å². The Morgan fingerprint density at radius 2 is 1.61 bits per heavy atom. The van der Waals surface area contributed by atoms with Gasteiger partial charge in [-0.1, -0.05) is 0 Å². The maximum absolute atomic E-state index is 5.90. The van der Waals surface area contributed by atoms with Gasteiger partial charge in [-0.15, -0.1) is 10.2 Å².